The van der Waals surface area contributed by atoms with Gasteiger partial charge in [-0.15, -0.1) is 0 Å². The minimum atomic E-state index is 0.355. The second-order valence-corrected chi connectivity index (χ2v) is 5.59. The Labute approximate surface area is 148 Å². The zero-order chi connectivity index (χ0) is 17.9. The number of aliphatic hydroxyl groups is 2. The summed E-state index contributed by atoms with van der Waals surface area (Å²) in [6.07, 6.45) is 6.65. The van der Waals surface area contributed by atoms with Gasteiger partial charge in [-0.2, -0.15) is 0 Å². The van der Waals surface area contributed by atoms with Crippen molar-refractivity contribution in [3.8, 4) is 11.1 Å². The van der Waals surface area contributed by atoms with Crippen LogP contribution in [-0.2, 0) is 0 Å². The zero-order valence-electron chi connectivity index (χ0n) is 15.3. The topological polar surface area (TPSA) is 40.5 Å². The van der Waals surface area contributed by atoms with Gasteiger partial charge in [0.2, 0.25) is 0 Å². The molecule has 0 aromatic heterocycles. The third kappa shape index (κ3) is 12.9. The van der Waals surface area contributed by atoms with E-state index in [0.717, 1.165) is 25.7 Å². The van der Waals surface area contributed by atoms with Gasteiger partial charge in [0.05, 0.1) is 0 Å². The van der Waals surface area contributed by atoms with Crippen LogP contribution in [0.4, 0.5) is 0 Å². The Kier molecular flexibility index (Phi) is 16.5. The molecule has 2 aromatic rings. The molecule has 2 heteroatoms. The summed E-state index contributed by atoms with van der Waals surface area (Å²) in [5.74, 6) is 0. The second-order valence-electron chi connectivity index (χ2n) is 5.59. The lowest BCUT2D eigenvalue weighted by molar-refractivity contribution is 0.284. The maximum absolute atomic E-state index is 8.20. The van der Waals surface area contributed by atoms with Crippen LogP contribution in [0.25, 0.3) is 11.1 Å². The molecule has 134 valence electrons. The van der Waals surface area contributed by atoms with Gasteiger partial charge in [0, 0.05) is 13.2 Å². The van der Waals surface area contributed by atoms with Crippen LogP contribution in [0.3, 0.4) is 0 Å². The van der Waals surface area contributed by atoms with Crippen LogP contribution in [-0.4, -0.2) is 23.4 Å². The van der Waals surface area contributed by atoms with Crippen LogP contribution < -0.4 is 0 Å². The van der Waals surface area contributed by atoms with Crippen LogP contribution in [0, 0.1) is 0 Å². The molecule has 0 heterocycles. The average Bonchev–Trinajstić information content (AvgIpc) is 2.67. The highest BCUT2D eigenvalue weighted by molar-refractivity contribution is 5.62. The van der Waals surface area contributed by atoms with Crippen molar-refractivity contribution >= 4 is 0 Å². The standard InChI is InChI=1S/C12H10.2C5H12O/c1-3-7-11(8-4-1)12-9-5-2-6-10-12;2*1-2-3-4-5-6/h1-10H;2*6H,2-5H2,1H3. The van der Waals surface area contributed by atoms with Crippen LogP contribution in [0.2, 0.25) is 0 Å². The largest absolute Gasteiger partial charge is 0.396 e. The van der Waals surface area contributed by atoms with E-state index in [4.69, 9.17) is 10.2 Å². The summed E-state index contributed by atoms with van der Waals surface area (Å²) in [5.41, 5.74) is 2.55. The normalized spacial score (nSPS) is 9.33. The molecule has 0 atom stereocenters. The van der Waals surface area contributed by atoms with Gasteiger partial charge in [-0.05, 0) is 24.0 Å². The molecule has 0 saturated heterocycles. The van der Waals surface area contributed by atoms with E-state index in [1.807, 2.05) is 12.1 Å². The molecule has 0 bridgehead atoms. The van der Waals surface area contributed by atoms with Crippen molar-refractivity contribution in [3.05, 3.63) is 60.7 Å². The van der Waals surface area contributed by atoms with Gasteiger partial charge in [0.1, 0.15) is 0 Å². The van der Waals surface area contributed by atoms with Crippen molar-refractivity contribution in [2.75, 3.05) is 13.2 Å². The molecule has 2 rings (SSSR count). The SMILES string of the molecule is CCCCCO.CCCCCO.c1ccc(-c2ccccc2)cc1. The summed E-state index contributed by atoms with van der Waals surface area (Å²) in [6, 6.07) is 20.8. The Hall–Kier alpha value is -1.64. The summed E-state index contributed by atoms with van der Waals surface area (Å²) >= 11 is 0. The van der Waals surface area contributed by atoms with Crippen LogP contribution in [0.5, 0.6) is 0 Å². The first-order valence-electron chi connectivity index (χ1n) is 9.12. The quantitative estimate of drug-likeness (QED) is 0.640. The fourth-order valence-electron chi connectivity index (χ4n) is 1.98. The van der Waals surface area contributed by atoms with Crippen molar-refractivity contribution in [2.45, 2.75) is 52.4 Å². The third-order valence-corrected chi connectivity index (χ3v) is 3.40. The molecule has 0 aliphatic heterocycles. The molecular formula is C22H34O2. The van der Waals surface area contributed by atoms with Crippen molar-refractivity contribution < 1.29 is 10.2 Å². The number of hydrogen-bond acceptors (Lipinski definition) is 2. The number of unbranched alkanes of at least 4 members (excludes halogenated alkanes) is 4. The molecule has 0 saturated carbocycles. The first-order valence-corrected chi connectivity index (χ1v) is 9.12. The Balaban J connectivity index is 0.000000377. The predicted molar refractivity (Wildman–Crippen MR) is 105 cm³/mol. The summed E-state index contributed by atoms with van der Waals surface area (Å²) in [6.45, 7) is 4.95. The Morgan fingerprint density at radius 2 is 0.875 bits per heavy atom. The van der Waals surface area contributed by atoms with Crippen LogP contribution in [0.15, 0.2) is 60.7 Å². The predicted octanol–water partition coefficient (Wildman–Crippen LogP) is 5.69. The smallest absolute Gasteiger partial charge is 0.0431 e. The van der Waals surface area contributed by atoms with Crippen molar-refractivity contribution in [3.63, 3.8) is 0 Å². The minimum Gasteiger partial charge on any atom is -0.396 e. The minimum absolute atomic E-state index is 0.355. The third-order valence-electron chi connectivity index (χ3n) is 3.40. The van der Waals surface area contributed by atoms with Crippen molar-refractivity contribution in [1.29, 1.82) is 0 Å². The fourth-order valence-corrected chi connectivity index (χ4v) is 1.98. The van der Waals surface area contributed by atoms with Crippen LogP contribution in [0.1, 0.15) is 52.4 Å². The van der Waals surface area contributed by atoms with Gasteiger partial charge in [-0.1, -0.05) is 100 Å². The summed E-state index contributed by atoms with van der Waals surface area (Å²) in [5, 5.41) is 16.4. The lowest BCUT2D eigenvalue weighted by Gasteiger charge is -1.98. The van der Waals surface area contributed by atoms with E-state index < -0.39 is 0 Å². The lowest BCUT2D eigenvalue weighted by Crippen LogP contribution is -1.78. The molecular weight excluding hydrogens is 296 g/mol. The fraction of sp³-hybridized carbons (Fsp3) is 0.455. The Bertz CT molecular complexity index is 400. The summed E-state index contributed by atoms with van der Waals surface area (Å²) in [4.78, 5) is 0. The number of hydrogen-bond donors (Lipinski definition) is 2. The first-order chi connectivity index (χ1) is 11.8. The first kappa shape index (κ1) is 22.4. The van der Waals surface area contributed by atoms with E-state index in [-0.39, 0.29) is 0 Å². The molecule has 0 aliphatic carbocycles. The molecule has 24 heavy (non-hydrogen) atoms. The van der Waals surface area contributed by atoms with E-state index in [1.165, 1.54) is 24.0 Å². The lowest BCUT2D eigenvalue weighted by atomic mass is 10.1. The molecule has 2 aromatic carbocycles. The Morgan fingerprint density at radius 1 is 0.542 bits per heavy atom. The van der Waals surface area contributed by atoms with E-state index >= 15 is 0 Å². The molecule has 2 nitrogen and oxygen atoms in total. The molecule has 0 amide bonds. The highest BCUT2D eigenvalue weighted by atomic mass is 16.3. The molecule has 0 aliphatic rings. The van der Waals surface area contributed by atoms with E-state index in [2.05, 4.69) is 62.4 Å². The number of aliphatic hydroxyl groups excluding tert-OH is 2. The number of rotatable bonds is 7. The molecule has 2 N–H and O–H groups in total. The number of benzene rings is 2. The van der Waals surface area contributed by atoms with Crippen molar-refractivity contribution in [2.24, 2.45) is 0 Å². The van der Waals surface area contributed by atoms with Gasteiger partial charge in [0.15, 0.2) is 0 Å². The highest BCUT2D eigenvalue weighted by Gasteiger charge is 1.91. The van der Waals surface area contributed by atoms with Crippen molar-refractivity contribution in [1.82, 2.24) is 0 Å². The summed E-state index contributed by atoms with van der Waals surface area (Å²) in [7, 11) is 0. The van der Waals surface area contributed by atoms with Gasteiger partial charge in [-0.3, -0.25) is 0 Å². The highest BCUT2D eigenvalue weighted by Crippen LogP contribution is 2.17. The average molecular weight is 331 g/mol. The van der Waals surface area contributed by atoms with Gasteiger partial charge >= 0.3 is 0 Å². The van der Waals surface area contributed by atoms with Gasteiger partial charge in [0.25, 0.3) is 0 Å². The van der Waals surface area contributed by atoms with Crippen LogP contribution >= 0.6 is 0 Å². The molecule has 0 spiro atoms. The monoisotopic (exact) mass is 330 g/mol. The zero-order valence-corrected chi connectivity index (χ0v) is 15.3. The maximum Gasteiger partial charge on any atom is 0.0431 e. The molecule has 0 fully saturated rings. The Morgan fingerprint density at radius 3 is 1.08 bits per heavy atom. The van der Waals surface area contributed by atoms with Gasteiger partial charge < -0.3 is 10.2 Å². The molecule has 0 unspecified atom stereocenters. The van der Waals surface area contributed by atoms with Gasteiger partial charge in [-0.25, -0.2) is 0 Å². The van der Waals surface area contributed by atoms with E-state index in [0.29, 0.717) is 13.2 Å². The summed E-state index contributed by atoms with van der Waals surface area (Å²) < 4.78 is 0. The van der Waals surface area contributed by atoms with E-state index in [9.17, 15) is 0 Å². The maximum atomic E-state index is 8.20. The van der Waals surface area contributed by atoms with E-state index in [1.54, 1.807) is 0 Å². The molecule has 0 radical (unpaired) electrons. The second kappa shape index (κ2) is 17.7.